The highest BCUT2D eigenvalue weighted by atomic mass is 16.6. The van der Waals surface area contributed by atoms with Gasteiger partial charge < -0.3 is 4.74 Å². The lowest BCUT2D eigenvalue weighted by Gasteiger charge is -2.52. The number of carbonyl (C=O) groups is 1. The summed E-state index contributed by atoms with van der Waals surface area (Å²) in [6.45, 7) is 18.1. The molecule has 6 atom stereocenters. The van der Waals surface area contributed by atoms with E-state index in [1.807, 2.05) is 0 Å². The molecule has 2 saturated carbocycles. The summed E-state index contributed by atoms with van der Waals surface area (Å²) in [6, 6.07) is 0. The van der Waals surface area contributed by atoms with Crippen LogP contribution in [0.2, 0.25) is 0 Å². The molecule has 0 radical (unpaired) electrons. The second-order valence-corrected chi connectivity index (χ2v) is 11.3. The van der Waals surface area contributed by atoms with Gasteiger partial charge in [0.1, 0.15) is 5.60 Å². The third-order valence-electron chi connectivity index (χ3n) is 9.03. The normalized spacial score (nSPS) is 32.5. The molecule has 0 aromatic rings. The monoisotopic (exact) mass is 406 g/mol. The Balaban J connectivity index is 2.22. The third kappa shape index (κ3) is 5.21. The molecular weight excluding hydrogens is 356 g/mol. The van der Waals surface area contributed by atoms with E-state index in [4.69, 9.17) is 4.74 Å². The summed E-state index contributed by atoms with van der Waals surface area (Å²) in [6.07, 6.45) is 11.7. The summed E-state index contributed by atoms with van der Waals surface area (Å²) >= 11 is 0. The highest BCUT2D eigenvalue weighted by Gasteiger charge is 2.50. The zero-order valence-corrected chi connectivity index (χ0v) is 20.9. The fraction of sp³-hybridized carbons (Fsp3) is 0.963. The molecule has 2 aliphatic carbocycles. The van der Waals surface area contributed by atoms with Crippen molar-refractivity contribution in [2.75, 3.05) is 0 Å². The fourth-order valence-electron chi connectivity index (χ4n) is 7.23. The maximum Gasteiger partial charge on any atom is 0.312 e. The Hall–Kier alpha value is -0.530. The largest absolute Gasteiger partial charge is 0.458 e. The van der Waals surface area contributed by atoms with Crippen LogP contribution in [-0.2, 0) is 9.53 Å². The van der Waals surface area contributed by atoms with E-state index >= 15 is 0 Å². The average molecular weight is 407 g/mol. The van der Waals surface area contributed by atoms with Gasteiger partial charge in [-0.1, -0.05) is 74.1 Å². The number of esters is 1. The number of ether oxygens (including phenoxy) is 1. The van der Waals surface area contributed by atoms with Gasteiger partial charge in [0.25, 0.3) is 0 Å². The van der Waals surface area contributed by atoms with Gasteiger partial charge in [-0.15, -0.1) is 0 Å². The number of carbonyl (C=O) groups excluding carboxylic acids is 1. The quantitative estimate of drug-likeness (QED) is 0.362. The lowest BCUT2D eigenvalue weighted by Crippen LogP contribution is -2.50. The Kier molecular flexibility index (Phi) is 8.69. The van der Waals surface area contributed by atoms with Crippen LogP contribution in [0.4, 0.5) is 0 Å². The van der Waals surface area contributed by atoms with Crippen LogP contribution in [-0.4, -0.2) is 11.6 Å². The van der Waals surface area contributed by atoms with E-state index in [1.54, 1.807) is 0 Å². The van der Waals surface area contributed by atoms with Crippen molar-refractivity contribution in [2.45, 2.75) is 125 Å². The SMILES string of the molecule is CCC1CCCC2CC(C(CC)(CC)OC(=O)C(C)(CC)CC(C)C)CC(C)C12. The highest BCUT2D eigenvalue weighted by molar-refractivity contribution is 5.76. The molecule has 2 aliphatic rings. The highest BCUT2D eigenvalue weighted by Crippen LogP contribution is 2.53. The average Bonchev–Trinajstić information content (AvgIpc) is 2.70. The second-order valence-electron chi connectivity index (χ2n) is 11.3. The van der Waals surface area contributed by atoms with Crippen LogP contribution in [0.15, 0.2) is 0 Å². The smallest absolute Gasteiger partial charge is 0.312 e. The zero-order valence-electron chi connectivity index (χ0n) is 20.9. The van der Waals surface area contributed by atoms with E-state index in [0.717, 1.165) is 49.4 Å². The molecule has 0 amide bonds. The number of hydrogen-bond donors (Lipinski definition) is 0. The standard InChI is InChI=1S/C27H50O2/c1-9-21-14-13-15-22-17-23(16-20(7)24(21)22)27(11-3,12-4)29-25(28)26(8,10-2)18-19(5)6/h19-24H,9-18H2,1-8H3. The van der Waals surface area contributed by atoms with Crippen LogP contribution in [0.3, 0.4) is 0 Å². The summed E-state index contributed by atoms with van der Waals surface area (Å²) in [5, 5.41) is 0. The lowest BCUT2D eigenvalue weighted by atomic mass is 9.56. The van der Waals surface area contributed by atoms with E-state index in [2.05, 4.69) is 55.4 Å². The second kappa shape index (κ2) is 10.2. The molecular formula is C27H50O2. The predicted molar refractivity (Wildman–Crippen MR) is 124 cm³/mol. The van der Waals surface area contributed by atoms with E-state index in [9.17, 15) is 4.79 Å². The van der Waals surface area contributed by atoms with Gasteiger partial charge in [-0.3, -0.25) is 4.79 Å². The van der Waals surface area contributed by atoms with Crippen molar-refractivity contribution in [1.82, 2.24) is 0 Å². The molecule has 170 valence electrons. The first-order chi connectivity index (χ1) is 13.7. The van der Waals surface area contributed by atoms with Gasteiger partial charge in [-0.05, 0) is 81.0 Å². The number of rotatable bonds is 9. The van der Waals surface area contributed by atoms with Crippen molar-refractivity contribution < 1.29 is 9.53 Å². The van der Waals surface area contributed by atoms with Crippen molar-refractivity contribution in [3.63, 3.8) is 0 Å². The molecule has 0 spiro atoms. The van der Waals surface area contributed by atoms with Gasteiger partial charge in [0, 0.05) is 0 Å². The first-order valence-corrected chi connectivity index (χ1v) is 12.9. The molecule has 0 aromatic carbocycles. The number of hydrogen-bond acceptors (Lipinski definition) is 2. The maximum absolute atomic E-state index is 13.4. The van der Waals surface area contributed by atoms with E-state index in [-0.39, 0.29) is 17.0 Å². The van der Waals surface area contributed by atoms with Gasteiger partial charge >= 0.3 is 5.97 Å². The zero-order chi connectivity index (χ0) is 21.8. The van der Waals surface area contributed by atoms with Crippen molar-refractivity contribution in [3.05, 3.63) is 0 Å². The molecule has 2 fully saturated rings. The Labute approximate surface area is 181 Å². The summed E-state index contributed by atoms with van der Waals surface area (Å²) in [4.78, 5) is 13.4. The summed E-state index contributed by atoms with van der Waals surface area (Å²) in [5.74, 6) is 4.50. The van der Waals surface area contributed by atoms with Crippen LogP contribution >= 0.6 is 0 Å². The van der Waals surface area contributed by atoms with Crippen LogP contribution in [0.5, 0.6) is 0 Å². The lowest BCUT2D eigenvalue weighted by molar-refractivity contribution is -0.186. The number of fused-ring (bicyclic) bond motifs is 1. The third-order valence-corrected chi connectivity index (χ3v) is 9.03. The molecule has 0 bridgehead atoms. The van der Waals surface area contributed by atoms with Crippen molar-refractivity contribution in [1.29, 1.82) is 0 Å². The van der Waals surface area contributed by atoms with Crippen molar-refractivity contribution in [3.8, 4) is 0 Å². The molecule has 0 saturated heterocycles. The van der Waals surface area contributed by atoms with Crippen molar-refractivity contribution in [2.24, 2.45) is 40.9 Å². The Morgan fingerprint density at radius 3 is 2.21 bits per heavy atom. The van der Waals surface area contributed by atoms with Crippen LogP contribution < -0.4 is 0 Å². The van der Waals surface area contributed by atoms with Crippen LogP contribution in [0.1, 0.15) is 120 Å². The topological polar surface area (TPSA) is 26.3 Å². The first-order valence-electron chi connectivity index (χ1n) is 12.9. The predicted octanol–water partition coefficient (Wildman–Crippen LogP) is 8.04. The minimum atomic E-state index is -0.356. The Morgan fingerprint density at radius 2 is 1.69 bits per heavy atom. The van der Waals surface area contributed by atoms with Gasteiger partial charge in [0.15, 0.2) is 0 Å². The summed E-state index contributed by atoms with van der Waals surface area (Å²) in [7, 11) is 0. The van der Waals surface area contributed by atoms with E-state index < -0.39 is 0 Å². The molecule has 2 rings (SSSR count). The maximum atomic E-state index is 13.4. The minimum absolute atomic E-state index is 0.0576. The van der Waals surface area contributed by atoms with Crippen LogP contribution in [0.25, 0.3) is 0 Å². The van der Waals surface area contributed by atoms with Crippen molar-refractivity contribution >= 4 is 5.97 Å². The Morgan fingerprint density at radius 1 is 1.03 bits per heavy atom. The van der Waals surface area contributed by atoms with Gasteiger partial charge in [-0.25, -0.2) is 0 Å². The first kappa shape index (κ1) is 24.7. The molecule has 2 nitrogen and oxygen atoms in total. The van der Waals surface area contributed by atoms with E-state index in [0.29, 0.717) is 11.8 Å². The molecule has 2 heteroatoms. The molecule has 0 aliphatic heterocycles. The summed E-state index contributed by atoms with van der Waals surface area (Å²) in [5.41, 5.74) is -0.631. The Bertz CT molecular complexity index is 521. The van der Waals surface area contributed by atoms with Gasteiger partial charge in [-0.2, -0.15) is 0 Å². The van der Waals surface area contributed by atoms with E-state index in [1.165, 1.54) is 38.5 Å². The minimum Gasteiger partial charge on any atom is -0.458 e. The fourth-order valence-corrected chi connectivity index (χ4v) is 7.23. The van der Waals surface area contributed by atoms with Gasteiger partial charge in [0.2, 0.25) is 0 Å². The molecule has 0 N–H and O–H groups in total. The molecule has 6 unspecified atom stereocenters. The van der Waals surface area contributed by atoms with Gasteiger partial charge in [0.05, 0.1) is 5.41 Å². The molecule has 0 heterocycles. The summed E-state index contributed by atoms with van der Waals surface area (Å²) < 4.78 is 6.58. The van der Waals surface area contributed by atoms with Crippen LogP contribution in [0, 0.1) is 40.9 Å². The molecule has 29 heavy (non-hydrogen) atoms. The molecule has 0 aromatic heterocycles.